The zero-order chi connectivity index (χ0) is 26.0. The van der Waals surface area contributed by atoms with Gasteiger partial charge in [0.05, 0.1) is 21.7 Å². The minimum atomic E-state index is -3.61. The second kappa shape index (κ2) is 10.7. The van der Waals surface area contributed by atoms with Crippen LogP contribution in [0, 0.1) is 19.8 Å². The Morgan fingerprint density at radius 2 is 1.89 bits per heavy atom. The van der Waals surface area contributed by atoms with E-state index in [0.29, 0.717) is 23.8 Å². The van der Waals surface area contributed by atoms with Crippen LogP contribution in [-0.2, 0) is 26.1 Å². The van der Waals surface area contributed by atoms with Crippen LogP contribution in [-0.4, -0.2) is 48.9 Å². The summed E-state index contributed by atoms with van der Waals surface area (Å²) in [6, 6.07) is 9.92. The maximum atomic E-state index is 13.1. The Labute approximate surface area is 215 Å². The number of nitrogens with zero attached hydrogens (tertiary/aromatic N) is 3. The minimum Gasteiger partial charge on any atom is -0.465 e. The van der Waals surface area contributed by atoms with Crippen LogP contribution >= 0.6 is 11.3 Å². The van der Waals surface area contributed by atoms with Crippen LogP contribution in [0.15, 0.2) is 46.3 Å². The first-order chi connectivity index (χ1) is 17.1. The largest absolute Gasteiger partial charge is 0.465 e. The summed E-state index contributed by atoms with van der Waals surface area (Å²) in [5, 5.41) is 0. The molecule has 8 nitrogen and oxygen atoms in total. The Balaban J connectivity index is 1.68. The van der Waals surface area contributed by atoms with E-state index in [1.165, 1.54) is 39.9 Å². The summed E-state index contributed by atoms with van der Waals surface area (Å²) in [5.41, 5.74) is 3.15. The van der Waals surface area contributed by atoms with Crippen molar-refractivity contribution in [3.05, 3.63) is 57.9 Å². The Morgan fingerprint density at radius 1 is 1.17 bits per heavy atom. The molecule has 0 spiro atoms. The number of hydrogen-bond acceptors (Lipinski definition) is 6. The van der Waals surface area contributed by atoms with E-state index in [2.05, 4.69) is 11.9 Å². The summed E-state index contributed by atoms with van der Waals surface area (Å²) in [7, 11) is -3.61. The number of amides is 1. The number of aryl methyl sites for hydroxylation is 2. The monoisotopic (exact) mass is 529 g/mol. The molecule has 1 aromatic heterocycles. The van der Waals surface area contributed by atoms with E-state index < -0.39 is 21.9 Å². The summed E-state index contributed by atoms with van der Waals surface area (Å²) in [5.74, 6) is -0.597. The lowest BCUT2D eigenvalue weighted by atomic mass is 10.0. The lowest BCUT2D eigenvalue weighted by Gasteiger charge is -2.30. The molecule has 1 aliphatic heterocycles. The molecule has 4 rings (SSSR count). The van der Waals surface area contributed by atoms with Crippen LogP contribution in [0.2, 0.25) is 0 Å². The van der Waals surface area contributed by atoms with Gasteiger partial charge in [-0.25, -0.2) is 8.42 Å². The highest BCUT2D eigenvalue weighted by molar-refractivity contribution is 7.89. The standard InChI is InChI=1S/C26H31N3O5S2/c1-5-34-23(30)16-29-24-19(4)13-18(3)14-22(24)35-26(29)27-25(31)20-8-10-21(11-9-20)36(32,33)28-12-6-7-17(2)15-28/h8-11,13-14,17H,5-7,12,15-16H2,1-4H3. The van der Waals surface area contributed by atoms with Crippen LogP contribution < -0.4 is 4.80 Å². The van der Waals surface area contributed by atoms with Crippen molar-refractivity contribution in [3.8, 4) is 0 Å². The topological polar surface area (TPSA) is 98.0 Å². The van der Waals surface area contributed by atoms with Crippen molar-refractivity contribution in [2.24, 2.45) is 10.9 Å². The molecule has 192 valence electrons. The molecule has 1 unspecified atom stereocenters. The molecule has 36 heavy (non-hydrogen) atoms. The molecule has 0 N–H and O–H groups in total. The number of thiazole rings is 1. The van der Waals surface area contributed by atoms with Crippen LogP contribution in [0.25, 0.3) is 10.2 Å². The zero-order valence-electron chi connectivity index (χ0n) is 21.0. The number of carbonyl (C=O) groups excluding carboxylic acids is 2. The van der Waals surface area contributed by atoms with Crippen molar-refractivity contribution in [2.75, 3.05) is 19.7 Å². The first-order valence-electron chi connectivity index (χ1n) is 12.1. The second-order valence-electron chi connectivity index (χ2n) is 9.26. The van der Waals surface area contributed by atoms with Crippen molar-refractivity contribution in [1.29, 1.82) is 0 Å². The van der Waals surface area contributed by atoms with Gasteiger partial charge in [-0.2, -0.15) is 9.30 Å². The molecule has 0 bridgehead atoms. The number of fused-ring (bicyclic) bond motifs is 1. The predicted octanol–water partition coefficient (Wildman–Crippen LogP) is 4.04. The fourth-order valence-electron chi connectivity index (χ4n) is 4.59. The predicted molar refractivity (Wildman–Crippen MR) is 139 cm³/mol. The highest BCUT2D eigenvalue weighted by Crippen LogP contribution is 2.25. The number of benzene rings is 2. The molecule has 0 aliphatic carbocycles. The summed E-state index contributed by atoms with van der Waals surface area (Å²) in [6.07, 6.45) is 1.86. The summed E-state index contributed by atoms with van der Waals surface area (Å²) < 4.78 is 35.3. The molecule has 1 fully saturated rings. The van der Waals surface area contributed by atoms with E-state index in [1.807, 2.05) is 26.0 Å². The fourth-order valence-corrected chi connectivity index (χ4v) is 7.40. The lowest BCUT2D eigenvalue weighted by molar-refractivity contribution is -0.143. The number of aromatic nitrogens is 1. The third kappa shape index (κ3) is 5.45. The van der Waals surface area contributed by atoms with Crippen LogP contribution in [0.3, 0.4) is 0 Å². The number of carbonyl (C=O) groups is 2. The highest BCUT2D eigenvalue weighted by atomic mass is 32.2. The third-order valence-corrected chi connectivity index (χ3v) is 9.17. The van der Waals surface area contributed by atoms with Gasteiger partial charge in [0.15, 0.2) is 4.80 Å². The van der Waals surface area contributed by atoms with Gasteiger partial charge in [0.1, 0.15) is 6.54 Å². The number of piperidine rings is 1. The number of esters is 1. The molecule has 3 aromatic rings. The van der Waals surface area contributed by atoms with E-state index in [1.54, 1.807) is 11.5 Å². The van der Waals surface area contributed by atoms with Gasteiger partial charge in [0.2, 0.25) is 10.0 Å². The number of hydrogen-bond donors (Lipinski definition) is 0. The van der Waals surface area contributed by atoms with Gasteiger partial charge < -0.3 is 9.30 Å². The maximum absolute atomic E-state index is 13.1. The Kier molecular flexibility index (Phi) is 7.77. The number of sulfonamides is 1. The van der Waals surface area contributed by atoms with Gasteiger partial charge in [0, 0.05) is 18.7 Å². The Bertz CT molecular complexity index is 1470. The molecular formula is C26H31N3O5S2. The van der Waals surface area contributed by atoms with E-state index in [4.69, 9.17) is 4.74 Å². The van der Waals surface area contributed by atoms with Crippen molar-refractivity contribution in [3.63, 3.8) is 0 Å². The fraction of sp³-hybridized carbons (Fsp3) is 0.423. The maximum Gasteiger partial charge on any atom is 0.326 e. The average molecular weight is 530 g/mol. The first kappa shape index (κ1) is 26.2. The SMILES string of the molecule is CCOC(=O)Cn1c(=NC(=O)c2ccc(S(=O)(=O)N3CCCC(C)C3)cc2)sc2cc(C)cc(C)c21. The quantitative estimate of drug-likeness (QED) is 0.449. The summed E-state index contributed by atoms with van der Waals surface area (Å²) in [6.45, 7) is 8.95. The number of ether oxygens (including phenoxy) is 1. The molecule has 1 saturated heterocycles. The average Bonchev–Trinajstić information content (AvgIpc) is 3.15. The molecule has 2 heterocycles. The van der Waals surface area contributed by atoms with Gasteiger partial charge in [-0.05, 0) is 81.0 Å². The zero-order valence-corrected chi connectivity index (χ0v) is 22.6. The smallest absolute Gasteiger partial charge is 0.326 e. The van der Waals surface area contributed by atoms with Gasteiger partial charge in [-0.15, -0.1) is 0 Å². The molecule has 1 aliphatic rings. The van der Waals surface area contributed by atoms with Crippen LogP contribution in [0.4, 0.5) is 0 Å². The molecule has 2 aromatic carbocycles. The van der Waals surface area contributed by atoms with Crippen molar-refractivity contribution in [2.45, 2.75) is 52.0 Å². The van der Waals surface area contributed by atoms with Gasteiger partial charge in [0.25, 0.3) is 5.91 Å². The van der Waals surface area contributed by atoms with Gasteiger partial charge in [-0.1, -0.05) is 24.3 Å². The van der Waals surface area contributed by atoms with Gasteiger partial charge >= 0.3 is 5.97 Å². The van der Waals surface area contributed by atoms with Crippen molar-refractivity contribution in [1.82, 2.24) is 8.87 Å². The minimum absolute atomic E-state index is 0.0602. The molecule has 0 saturated carbocycles. The molecule has 10 heteroatoms. The lowest BCUT2D eigenvalue weighted by Crippen LogP contribution is -2.39. The Hall–Kier alpha value is -2.82. The Morgan fingerprint density at radius 3 is 2.56 bits per heavy atom. The van der Waals surface area contributed by atoms with E-state index in [-0.39, 0.29) is 23.6 Å². The highest BCUT2D eigenvalue weighted by Gasteiger charge is 2.28. The van der Waals surface area contributed by atoms with Crippen molar-refractivity contribution < 1.29 is 22.7 Å². The number of rotatable bonds is 6. The summed E-state index contributed by atoms with van der Waals surface area (Å²) >= 11 is 1.33. The molecule has 0 radical (unpaired) electrons. The van der Waals surface area contributed by atoms with E-state index in [0.717, 1.165) is 34.2 Å². The second-order valence-corrected chi connectivity index (χ2v) is 12.2. The van der Waals surface area contributed by atoms with E-state index >= 15 is 0 Å². The van der Waals surface area contributed by atoms with Crippen molar-refractivity contribution >= 4 is 43.5 Å². The first-order valence-corrected chi connectivity index (χ1v) is 14.3. The normalized spacial score (nSPS) is 17.4. The van der Waals surface area contributed by atoms with Gasteiger partial charge in [-0.3, -0.25) is 9.59 Å². The molecule has 1 atom stereocenters. The molecular weight excluding hydrogens is 498 g/mol. The summed E-state index contributed by atoms with van der Waals surface area (Å²) in [4.78, 5) is 30.2. The van der Waals surface area contributed by atoms with E-state index in [9.17, 15) is 18.0 Å². The van der Waals surface area contributed by atoms with Crippen LogP contribution in [0.5, 0.6) is 0 Å². The third-order valence-electron chi connectivity index (χ3n) is 6.26. The van der Waals surface area contributed by atoms with Crippen LogP contribution in [0.1, 0.15) is 48.2 Å². The molecule has 1 amide bonds.